The topological polar surface area (TPSA) is 118 Å². The van der Waals surface area contributed by atoms with Gasteiger partial charge in [-0.2, -0.15) is 13.2 Å². The second-order valence-corrected chi connectivity index (χ2v) is 10.1. The molecule has 2 N–H and O–H groups in total. The summed E-state index contributed by atoms with van der Waals surface area (Å²) >= 11 is 0. The lowest BCUT2D eigenvalue weighted by atomic mass is 10.1. The van der Waals surface area contributed by atoms with Crippen molar-refractivity contribution in [1.82, 2.24) is 15.3 Å². The average molecular weight is 551 g/mol. The highest BCUT2D eigenvalue weighted by molar-refractivity contribution is 6.05. The minimum absolute atomic E-state index is 0.196. The standard InChI is InChI=1S/C25H29F3N6O5/c1-14(25(26,27)28)30-22(35)18-4-5-19-21(31-18)34(15-7-9-33(19)11-15)23(36)32-20-10-16(6-8-29-20)37-12-17-13-38-24(2,3)39-17/h4-6,8,10,14-15,17H,7,9,11-13H2,1-3H3,(H,30,35)(H,29,32,36)/t14-,15+,17+/m1/s1. The van der Waals surface area contributed by atoms with Crippen molar-refractivity contribution >= 4 is 29.3 Å². The van der Waals surface area contributed by atoms with Gasteiger partial charge in [-0.3, -0.25) is 15.0 Å². The fraction of sp³-hybridized carbons (Fsp3) is 0.520. The van der Waals surface area contributed by atoms with Gasteiger partial charge in [0.1, 0.15) is 36.0 Å². The molecule has 2 aromatic rings. The molecule has 0 unspecified atom stereocenters. The van der Waals surface area contributed by atoms with Crippen LogP contribution in [-0.2, 0) is 9.47 Å². The largest absolute Gasteiger partial charge is 0.491 e. The fourth-order valence-electron chi connectivity index (χ4n) is 4.72. The van der Waals surface area contributed by atoms with Crippen LogP contribution >= 0.6 is 0 Å². The molecule has 2 saturated heterocycles. The van der Waals surface area contributed by atoms with Crippen molar-refractivity contribution in [3.8, 4) is 5.75 Å². The third kappa shape index (κ3) is 5.86. The summed E-state index contributed by atoms with van der Waals surface area (Å²) in [5.41, 5.74) is 0.394. The number of aromatic nitrogens is 2. The first kappa shape index (κ1) is 26.9. The number of hydrogen-bond acceptors (Lipinski definition) is 8. The first-order chi connectivity index (χ1) is 18.4. The van der Waals surface area contributed by atoms with Gasteiger partial charge in [0.2, 0.25) is 0 Å². The molecule has 14 heteroatoms. The lowest BCUT2D eigenvalue weighted by Crippen LogP contribution is -2.49. The number of nitrogens with one attached hydrogen (secondary N) is 2. The lowest BCUT2D eigenvalue weighted by Gasteiger charge is -2.35. The van der Waals surface area contributed by atoms with Crippen LogP contribution in [0.25, 0.3) is 0 Å². The van der Waals surface area contributed by atoms with E-state index in [1.54, 1.807) is 18.2 Å². The molecule has 11 nitrogen and oxygen atoms in total. The van der Waals surface area contributed by atoms with Crippen molar-refractivity contribution in [2.45, 2.75) is 57.3 Å². The van der Waals surface area contributed by atoms with Gasteiger partial charge in [-0.05, 0) is 45.4 Å². The number of anilines is 3. The highest BCUT2D eigenvalue weighted by Gasteiger charge is 2.41. The van der Waals surface area contributed by atoms with E-state index >= 15 is 0 Å². The SMILES string of the molecule is C[C@@H](NC(=O)c1ccc2c(n1)N(C(=O)Nc1cc(OC[C@H]3COC(C)(C)O3)ccn1)[C@H]1CCN2C1)C(F)(F)F. The van der Waals surface area contributed by atoms with Gasteiger partial charge >= 0.3 is 12.2 Å². The van der Waals surface area contributed by atoms with E-state index in [4.69, 9.17) is 14.2 Å². The molecule has 5 heterocycles. The van der Waals surface area contributed by atoms with Gasteiger partial charge in [0.05, 0.1) is 18.3 Å². The Morgan fingerprint density at radius 3 is 2.79 bits per heavy atom. The third-order valence-corrected chi connectivity index (χ3v) is 6.71. The van der Waals surface area contributed by atoms with Crippen LogP contribution in [0.15, 0.2) is 30.5 Å². The van der Waals surface area contributed by atoms with Crippen molar-refractivity contribution < 1.29 is 37.0 Å². The Hall–Kier alpha value is -3.65. The molecular weight excluding hydrogens is 521 g/mol. The van der Waals surface area contributed by atoms with E-state index in [1.165, 1.54) is 17.2 Å². The average Bonchev–Trinajstić information content (AvgIpc) is 3.45. The first-order valence-electron chi connectivity index (χ1n) is 12.5. The number of rotatable bonds is 6. The summed E-state index contributed by atoms with van der Waals surface area (Å²) < 4.78 is 55.9. The summed E-state index contributed by atoms with van der Waals surface area (Å²) in [6.07, 6.45) is -2.68. The summed E-state index contributed by atoms with van der Waals surface area (Å²) in [5, 5.41) is 4.66. The van der Waals surface area contributed by atoms with E-state index in [0.717, 1.165) is 6.92 Å². The summed E-state index contributed by atoms with van der Waals surface area (Å²) in [4.78, 5) is 37.9. The summed E-state index contributed by atoms with van der Waals surface area (Å²) in [5.74, 6) is -0.756. The Bertz CT molecular complexity index is 1260. The highest BCUT2D eigenvalue weighted by Crippen LogP contribution is 2.39. The van der Waals surface area contributed by atoms with Crippen LogP contribution in [0.1, 0.15) is 37.7 Å². The van der Waals surface area contributed by atoms with Gasteiger partial charge < -0.3 is 24.4 Å². The van der Waals surface area contributed by atoms with E-state index in [1.807, 2.05) is 24.1 Å². The van der Waals surface area contributed by atoms with Crippen molar-refractivity contribution in [3.63, 3.8) is 0 Å². The molecule has 5 rings (SSSR count). The molecule has 3 atom stereocenters. The van der Waals surface area contributed by atoms with Gasteiger partial charge in [0, 0.05) is 25.4 Å². The number of urea groups is 1. The predicted molar refractivity (Wildman–Crippen MR) is 134 cm³/mol. The minimum Gasteiger partial charge on any atom is -0.491 e. The minimum atomic E-state index is -4.60. The molecule has 2 aromatic heterocycles. The highest BCUT2D eigenvalue weighted by atomic mass is 19.4. The van der Waals surface area contributed by atoms with Crippen molar-refractivity contribution in [1.29, 1.82) is 0 Å². The molecule has 0 radical (unpaired) electrons. The zero-order valence-electron chi connectivity index (χ0n) is 21.6. The number of fused-ring (bicyclic) bond motifs is 4. The number of carbonyl (C=O) groups excluding carboxylic acids is 2. The molecule has 3 aliphatic heterocycles. The fourth-order valence-corrected chi connectivity index (χ4v) is 4.72. The molecule has 0 aromatic carbocycles. The molecule has 39 heavy (non-hydrogen) atoms. The number of ether oxygens (including phenoxy) is 3. The first-order valence-corrected chi connectivity index (χ1v) is 12.5. The van der Waals surface area contributed by atoms with Gasteiger partial charge in [-0.15, -0.1) is 0 Å². The Morgan fingerprint density at radius 2 is 2.08 bits per heavy atom. The van der Waals surface area contributed by atoms with Crippen LogP contribution in [0.4, 0.5) is 35.3 Å². The maximum absolute atomic E-state index is 13.4. The number of pyridine rings is 2. The number of carbonyl (C=O) groups is 2. The molecule has 3 amide bonds. The summed E-state index contributed by atoms with van der Waals surface area (Å²) in [6.45, 7) is 6.38. The van der Waals surface area contributed by atoms with E-state index in [9.17, 15) is 22.8 Å². The molecule has 0 aliphatic carbocycles. The van der Waals surface area contributed by atoms with Crippen LogP contribution < -0.4 is 25.2 Å². The van der Waals surface area contributed by atoms with E-state index < -0.39 is 29.9 Å². The summed E-state index contributed by atoms with van der Waals surface area (Å²) in [6, 6.07) is 3.35. The van der Waals surface area contributed by atoms with Crippen LogP contribution in [0.3, 0.4) is 0 Å². The molecule has 2 bridgehead atoms. The number of alkyl halides is 3. The van der Waals surface area contributed by atoms with Crippen LogP contribution in [0.2, 0.25) is 0 Å². The number of nitrogens with zero attached hydrogens (tertiary/aromatic N) is 4. The van der Waals surface area contributed by atoms with E-state index in [0.29, 0.717) is 37.6 Å². The van der Waals surface area contributed by atoms with Crippen LogP contribution in [-0.4, -0.2) is 78.4 Å². The molecule has 2 fully saturated rings. The number of amides is 3. The predicted octanol–water partition coefficient (Wildman–Crippen LogP) is 3.32. The van der Waals surface area contributed by atoms with Crippen LogP contribution in [0.5, 0.6) is 5.75 Å². The smallest absolute Gasteiger partial charge is 0.408 e. The Balaban J connectivity index is 1.31. The van der Waals surface area contributed by atoms with Gasteiger partial charge in [-0.1, -0.05) is 0 Å². The molecule has 3 aliphatic rings. The lowest BCUT2D eigenvalue weighted by molar-refractivity contribution is -0.149. The van der Waals surface area contributed by atoms with Gasteiger partial charge in [0.15, 0.2) is 11.6 Å². The van der Waals surface area contributed by atoms with E-state index in [-0.39, 0.29) is 36.1 Å². The quantitative estimate of drug-likeness (QED) is 0.563. The zero-order valence-corrected chi connectivity index (χ0v) is 21.6. The van der Waals surface area contributed by atoms with Crippen molar-refractivity contribution in [3.05, 3.63) is 36.2 Å². The maximum atomic E-state index is 13.4. The third-order valence-electron chi connectivity index (χ3n) is 6.71. The molecule has 210 valence electrons. The molecule has 0 spiro atoms. The van der Waals surface area contributed by atoms with Gasteiger partial charge in [0.25, 0.3) is 5.91 Å². The number of hydrogen-bond donors (Lipinski definition) is 2. The van der Waals surface area contributed by atoms with Gasteiger partial charge in [-0.25, -0.2) is 14.8 Å². The maximum Gasteiger partial charge on any atom is 0.408 e. The Labute approximate surface area is 222 Å². The number of halogens is 3. The Morgan fingerprint density at radius 1 is 1.28 bits per heavy atom. The second-order valence-electron chi connectivity index (χ2n) is 10.1. The molecule has 0 saturated carbocycles. The second kappa shape index (κ2) is 10.2. The molecular formula is C25H29F3N6O5. The summed E-state index contributed by atoms with van der Waals surface area (Å²) in [7, 11) is 0. The monoisotopic (exact) mass is 550 g/mol. The van der Waals surface area contributed by atoms with Crippen molar-refractivity contribution in [2.75, 3.05) is 41.4 Å². The van der Waals surface area contributed by atoms with Crippen LogP contribution in [0, 0.1) is 0 Å². The van der Waals surface area contributed by atoms with E-state index in [2.05, 4.69) is 15.3 Å². The van der Waals surface area contributed by atoms with Crippen molar-refractivity contribution in [2.24, 2.45) is 0 Å². The Kier molecular flexibility index (Phi) is 7.01. The normalized spacial score (nSPS) is 22.3. The zero-order chi connectivity index (χ0) is 27.9.